The van der Waals surface area contributed by atoms with E-state index < -0.39 is 21.6 Å². The Hall–Kier alpha value is -3.96. The summed E-state index contributed by atoms with van der Waals surface area (Å²) in [7, 11) is -3.67. The summed E-state index contributed by atoms with van der Waals surface area (Å²) in [4.78, 5) is 28.7. The van der Waals surface area contributed by atoms with Gasteiger partial charge in [-0.05, 0) is 67.8 Å². The maximum atomic E-state index is 13.9. The average Bonchev–Trinajstić information content (AvgIpc) is 3.72. The predicted octanol–water partition coefficient (Wildman–Crippen LogP) is 3.52. The molecule has 3 aromatic heterocycles. The summed E-state index contributed by atoms with van der Waals surface area (Å²) >= 11 is 0. The number of rotatable bonds is 6. The van der Waals surface area contributed by atoms with E-state index in [9.17, 15) is 22.7 Å². The molecule has 4 heterocycles. The average molecular weight is 562 g/mol. The molecule has 1 amide bonds. The third-order valence-electron chi connectivity index (χ3n) is 7.72. The fraction of sp³-hybridized carbons (Fsp3) is 0.310. The van der Waals surface area contributed by atoms with Crippen LogP contribution in [0.15, 0.2) is 65.7 Å². The molecule has 1 spiro atoms. The number of piperidine rings is 1. The zero-order chi connectivity index (χ0) is 28.1. The number of sulfone groups is 1. The standard InChI is InChI=1S/C29H28FN5O4S/c1-40(38,39)22-12-19(11-20(30)13-22)28(37)32-16-21-14-25-18(15-31-21)5-6-24(33-25)23-3-2-4-27(34-23)35-10-7-26(36)29(17-35)8-9-29/h2-6,11-15,26,36H,7-10,16-17H2,1H3,(H,32,37). The van der Waals surface area contributed by atoms with Crippen LogP contribution in [0.1, 0.15) is 35.3 Å². The van der Waals surface area contributed by atoms with Gasteiger partial charge in [0.15, 0.2) is 9.84 Å². The van der Waals surface area contributed by atoms with E-state index in [4.69, 9.17) is 9.97 Å². The molecule has 6 rings (SSSR count). The topological polar surface area (TPSA) is 125 Å². The third kappa shape index (κ3) is 5.26. The largest absolute Gasteiger partial charge is 0.392 e. The fourth-order valence-electron chi connectivity index (χ4n) is 5.22. The van der Waals surface area contributed by atoms with Crippen molar-refractivity contribution in [2.24, 2.45) is 5.41 Å². The molecule has 0 bridgehead atoms. The molecular formula is C29H28FN5O4S. The first-order valence-corrected chi connectivity index (χ1v) is 14.9. The number of carbonyl (C=O) groups excluding carboxylic acids is 1. The second-order valence-corrected chi connectivity index (χ2v) is 12.7. The predicted molar refractivity (Wildman–Crippen MR) is 148 cm³/mol. The van der Waals surface area contributed by atoms with Gasteiger partial charge in [-0.3, -0.25) is 9.78 Å². The molecule has 1 saturated heterocycles. The van der Waals surface area contributed by atoms with Gasteiger partial charge >= 0.3 is 0 Å². The number of hydrogen-bond acceptors (Lipinski definition) is 8. The molecule has 40 heavy (non-hydrogen) atoms. The first-order valence-electron chi connectivity index (χ1n) is 13.0. The highest BCUT2D eigenvalue weighted by Gasteiger charge is 2.52. The van der Waals surface area contributed by atoms with E-state index in [2.05, 4.69) is 15.2 Å². The maximum Gasteiger partial charge on any atom is 0.251 e. The smallest absolute Gasteiger partial charge is 0.251 e. The van der Waals surface area contributed by atoms with Crippen LogP contribution < -0.4 is 10.2 Å². The zero-order valence-corrected chi connectivity index (χ0v) is 22.7. The van der Waals surface area contributed by atoms with Crippen LogP contribution in [-0.2, 0) is 16.4 Å². The van der Waals surface area contributed by atoms with Crippen LogP contribution >= 0.6 is 0 Å². The Balaban J connectivity index is 1.20. The Bertz CT molecular complexity index is 1740. The third-order valence-corrected chi connectivity index (χ3v) is 8.81. The molecule has 1 aromatic carbocycles. The number of amides is 1. The Labute approximate surface area is 231 Å². The Morgan fingerprint density at radius 3 is 2.70 bits per heavy atom. The van der Waals surface area contributed by atoms with Crippen molar-refractivity contribution < 1.29 is 22.7 Å². The second kappa shape index (κ2) is 9.90. The van der Waals surface area contributed by atoms with E-state index in [0.717, 1.165) is 73.7 Å². The number of nitrogens with zero attached hydrogens (tertiary/aromatic N) is 4. The lowest BCUT2D eigenvalue weighted by Gasteiger charge is -2.37. The van der Waals surface area contributed by atoms with E-state index >= 15 is 0 Å². The fourth-order valence-corrected chi connectivity index (χ4v) is 5.88. The Morgan fingerprint density at radius 1 is 1.12 bits per heavy atom. The van der Waals surface area contributed by atoms with Crippen molar-refractivity contribution in [2.75, 3.05) is 24.2 Å². The van der Waals surface area contributed by atoms with Crippen molar-refractivity contribution in [1.29, 1.82) is 0 Å². The molecule has 2 aliphatic rings. The van der Waals surface area contributed by atoms with E-state index in [1.54, 1.807) is 12.3 Å². The SMILES string of the molecule is CS(=O)(=O)c1cc(F)cc(C(=O)NCc2cc3nc(-c4cccc(N5CCC(O)C6(CC6)C5)n4)ccc3cn2)c1. The van der Waals surface area contributed by atoms with Gasteiger partial charge in [-0.15, -0.1) is 0 Å². The van der Waals surface area contributed by atoms with Crippen molar-refractivity contribution >= 4 is 32.5 Å². The molecule has 0 radical (unpaired) electrons. The van der Waals surface area contributed by atoms with E-state index in [1.165, 1.54) is 0 Å². The van der Waals surface area contributed by atoms with Crippen molar-refractivity contribution in [3.8, 4) is 11.4 Å². The molecule has 1 unspecified atom stereocenters. The molecular weight excluding hydrogens is 533 g/mol. The molecule has 2 N–H and O–H groups in total. The molecule has 1 atom stereocenters. The summed E-state index contributed by atoms with van der Waals surface area (Å²) in [6.45, 7) is 1.61. The van der Waals surface area contributed by atoms with Crippen LogP contribution in [0.2, 0.25) is 0 Å². The van der Waals surface area contributed by atoms with Crippen molar-refractivity contribution in [3.63, 3.8) is 0 Å². The summed E-state index contributed by atoms with van der Waals surface area (Å²) < 4.78 is 37.5. The number of aromatic nitrogens is 3. The minimum Gasteiger partial charge on any atom is -0.392 e. The van der Waals surface area contributed by atoms with Crippen molar-refractivity contribution in [2.45, 2.75) is 36.8 Å². The zero-order valence-electron chi connectivity index (χ0n) is 21.8. The first-order chi connectivity index (χ1) is 19.1. The summed E-state index contributed by atoms with van der Waals surface area (Å²) in [6.07, 6.45) is 5.23. The highest BCUT2D eigenvalue weighted by atomic mass is 32.2. The number of carbonyl (C=O) groups is 1. The highest BCUT2D eigenvalue weighted by Crippen LogP contribution is 2.52. The molecule has 11 heteroatoms. The molecule has 1 aliphatic carbocycles. The molecule has 2 fully saturated rings. The number of anilines is 1. The van der Waals surface area contributed by atoms with E-state index in [0.29, 0.717) is 16.9 Å². The van der Waals surface area contributed by atoms with Crippen molar-refractivity contribution in [1.82, 2.24) is 20.3 Å². The van der Waals surface area contributed by atoms with E-state index in [1.807, 2.05) is 30.3 Å². The monoisotopic (exact) mass is 561 g/mol. The van der Waals surface area contributed by atoms with Gasteiger partial charge in [0, 0.05) is 41.9 Å². The van der Waals surface area contributed by atoms with Gasteiger partial charge in [0.2, 0.25) is 0 Å². The summed E-state index contributed by atoms with van der Waals surface area (Å²) in [5.74, 6) is -0.560. The van der Waals surface area contributed by atoms with Gasteiger partial charge in [-0.25, -0.2) is 22.8 Å². The van der Waals surface area contributed by atoms with Gasteiger partial charge in [0.1, 0.15) is 11.6 Å². The number of hydrogen-bond donors (Lipinski definition) is 2. The molecule has 1 saturated carbocycles. The molecule has 9 nitrogen and oxygen atoms in total. The van der Waals surface area contributed by atoms with E-state index in [-0.39, 0.29) is 28.5 Å². The number of benzene rings is 1. The lowest BCUT2D eigenvalue weighted by Crippen LogP contribution is -2.45. The quantitative estimate of drug-likeness (QED) is 0.366. The van der Waals surface area contributed by atoms with Crippen LogP contribution in [-0.4, -0.2) is 59.8 Å². The van der Waals surface area contributed by atoms with Gasteiger partial charge in [-0.1, -0.05) is 6.07 Å². The van der Waals surface area contributed by atoms with Gasteiger partial charge in [0.05, 0.1) is 40.1 Å². The molecule has 4 aromatic rings. The highest BCUT2D eigenvalue weighted by molar-refractivity contribution is 7.90. The number of aliphatic hydroxyl groups excluding tert-OH is 1. The van der Waals surface area contributed by atoms with Crippen LogP contribution in [0.4, 0.5) is 10.2 Å². The van der Waals surface area contributed by atoms with Gasteiger partial charge < -0.3 is 15.3 Å². The Morgan fingerprint density at radius 2 is 1.93 bits per heavy atom. The lowest BCUT2D eigenvalue weighted by atomic mass is 9.91. The lowest BCUT2D eigenvalue weighted by molar-refractivity contribution is 0.0734. The van der Waals surface area contributed by atoms with Crippen molar-refractivity contribution in [3.05, 3.63) is 77.9 Å². The number of pyridine rings is 3. The summed E-state index contributed by atoms with van der Waals surface area (Å²) in [5.41, 5.74) is 2.56. The van der Waals surface area contributed by atoms with Crippen LogP contribution in [0.5, 0.6) is 0 Å². The van der Waals surface area contributed by atoms with Crippen LogP contribution in [0.25, 0.3) is 22.3 Å². The minimum absolute atomic E-state index is 0.0145. The first kappa shape index (κ1) is 26.3. The van der Waals surface area contributed by atoms with Crippen LogP contribution in [0.3, 0.4) is 0 Å². The van der Waals surface area contributed by atoms with Gasteiger partial charge in [-0.2, -0.15) is 0 Å². The number of halogens is 1. The number of fused-ring (bicyclic) bond motifs is 1. The minimum atomic E-state index is -3.67. The Kier molecular flexibility index (Phi) is 6.50. The number of aliphatic hydroxyl groups is 1. The normalized spacial score (nSPS) is 18.2. The van der Waals surface area contributed by atoms with Crippen LogP contribution in [0, 0.1) is 11.2 Å². The second-order valence-electron chi connectivity index (χ2n) is 10.7. The number of nitrogens with one attached hydrogen (secondary N) is 1. The summed E-state index contributed by atoms with van der Waals surface area (Å²) in [5, 5.41) is 13.9. The summed E-state index contributed by atoms with van der Waals surface area (Å²) in [6, 6.07) is 14.4. The van der Waals surface area contributed by atoms with Gasteiger partial charge in [0.25, 0.3) is 5.91 Å². The molecule has 1 aliphatic heterocycles. The molecule has 206 valence electrons. The maximum absolute atomic E-state index is 13.9.